The van der Waals surface area contributed by atoms with E-state index in [1.165, 1.54) is 0 Å². The lowest BCUT2D eigenvalue weighted by atomic mass is 10.1. The molecular formula is C20H25N9. The minimum atomic E-state index is 0.187. The van der Waals surface area contributed by atoms with Gasteiger partial charge in [0.15, 0.2) is 11.5 Å². The van der Waals surface area contributed by atoms with Crippen LogP contribution in [0.25, 0.3) is 0 Å². The molecule has 2 aromatic rings. The number of nitrogens with zero attached hydrogens (tertiary/aromatic N) is 7. The fourth-order valence-corrected chi connectivity index (χ4v) is 3.89. The van der Waals surface area contributed by atoms with Gasteiger partial charge in [-0.1, -0.05) is 6.58 Å². The maximum Gasteiger partial charge on any atom is 0.183 e. The van der Waals surface area contributed by atoms with Crippen LogP contribution < -0.4 is 10.6 Å². The Balaban J connectivity index is 0.000000252. The standard InChI is InChI=1S/C14H17N7.C6H8N2/c1-10(19-16)13-3-2-11-9-20(6-7-21(11)13)14-12(8-15)17-4-5-18-14;1-5-4-6(7)2-3-8-5/h4-5,11,13,16H,1-3,6-7,9H2;2-4H,1H3,(H2,7,8)/t11-,13+;/m0./s1. The van der Waals surface area contributed by atoms with Crippen molar-refractivity contribution in [3.63, 3.8) is 0 Å². The first kappa shape index (κ1) is 20.4. The summed E-state index contributed by atoms with van der Waals surface area (Å²) in [6.45, 7) is 8.28. The van der Waals surface area contributed by atoms with E-state index in [1.807, 2.05) is 13.0 Å². The van der Waals surface area contributed by atoms with Gasteiger partial charge in [-0.2, -0.15) is 10.4 Å². The number of anilines is 2. The van der Waals surface area contributed by atoms with Crippen LogP contribution in [0, 0.1) is 23.8 Å². The number of nitriles is 1. The summed E-state index contributed by atoms with van der Waals surface area (Å²) in [5, 5.41) is 12.6. The van der Waals surface area contributed by atoms with Crippen molar-refractivity contribution in [3.8, 4) is 6.07 Å². The van der Waals surface area contributed by atoms with E-state index in [2.05, 4.69) is 42.5 Å². The molecule has 4 rings (SSSR count). The van der Waals surface area contributed by atoms with E-state index in [0.717, 1.165) is 43.9 Å². The highest BCUT2D eigenvalue weighted by molar-refractivity contribution is 5.50. The highest BCUT2D eigenvalue weighted by Gasteiger charge is 2.39. The Hall–Kier alpha value is -3.38. The molecule has 0 amide bonds. The first-order chi connectivity index (χ1) is 14.0. The van der Waals surface area contributed by atoms with Gasteiger partial charge in [0.1, 0.15) is 6.07 Å². The van der Waals surface area contributed by atoms with Crippen molar-refractivity contribution in [2.24, 2.45) is 5.11 Å². The molecule has 2 fully saturated rings. The van der Waals surface area contributed by atoms with E-state index in [4.69, 9.17) is 16.5 Å². The van der Waals surface area contributed by atoms with Crippen LogP contribution in [-0.4, -0.2) is 51.6 Å². The lowest BCUT2D eigenvalue weighted by molar-refractivity contribution is 0.191. The second kappa shape index (κ2) is 9.21. The number of rotatable bonds is 3. The van der Waals surface area contributed by atoms with Gasteiger partial charge >= 0.3 is 0 Å². The SMILES string of the molecule is C=C(N=N)[C@H]1CC[C@H]2CN(c3nccnc3C#N)CCN21.Cc1cc(N)ccn1. The lowest BCUT2D eigenvalue weighted by Crippen LogP contribution is -2.53. The van der Waals surface area contributed by atoms with Crippen molar-refractivity contribution in [1.82, 2.24) is 19.9 Å². The van der Waals surface area contributed by atoms with Crippen LogP contribution in [0.5, 0.6) is 0 Å². The van der Waals surface area contributed by atoms with Crippen molar-refractivity contribution in [2.45, 2.75) is 31.8 Å². The smallest absolute Gasteiger partial charge is 0.183 e. The summed E-state index contributed by atoms with van der Waals surface area (Å²) in [6.07, 6.45) is 6.91. The van der Waals surface area contributed by atoms with Crippen LogP contribution in [0.15, 0.2) is 48.1 Å². The highest BCUT2D eigenvalue weighted by Crippen LogP contribution is 2.32. The van der Waals surface area contributed by atoms with Crippen molar-refractivity contribution in [3.05, 3.63) is 54.4 Å². The number of fused-ring (bicyclic) bond motifs is 1. The lowest BCUT2D eigenvalue weighted by Gasteiger charge is -2.40. The number of nitrogens with one attached hydrogen (secondary N) is 1. The molecule has 2 aromatic heterocycles. The zero-order chi connectivity index (χ0) is 20.8. The third-order valence-electron chi connectivity index (χ3n) is 5.24. The summed E-state index contributed by atoms with van der Waals surface area (Å²) < 4.78 is 0. The normalized spacial score (nSPS) is 20.8. The molecule has 2 saturated heterocycles. The molecular weight excluding hydrogens is 366 g/mol. The first-order valence-corrected chi connectivity index (χ1v) is 9.49. The Bertz CT molecular complexity index is 903. The summed E-state index contributed by atoms with van der Waals surface area (Å²) in [5.41, 5.74) is 15.3. The Morgan fingerprint density at radius 1 is 1.28 bits per heavy atom. The largest absolute Gasteiger partial charge is 0.399 e. The zero-order valence-electron chi connectivity index (χ0n) is 16.5. The fraction of sp³-hybridized carbons (Fsp3) is 0.400. The van der Waals surface area contributed by atoms with Crippen LogP contribution in [0.1, 0.15) is 24.2 Å². The minimum Gasteiger partial charge on any atom is -0.399 e. The van der Waals surface area contributed by atoms with Crippen LogP contribution >= 0.6 is 0 Å². The molecule has 2 aliphatic heterocycles. The Kier molecular flexibility index (Phi) is 6.46. The Morgan fingerprint density at radius 2 is 2.07 bits per heavy atom. The number of aryl methyl sites for hydroxylation is 1. The molecule has 29 heavy (non-hydrogen) atoms. The van der Waals surface area contributed by atoms with Gasteiger partial charge in [0, 0.05) is 55.6 Å². The topological polar surface area (TPSA) is 131 Å². The van der Waals surface area contributed by atoms with Gasteiger partial charge in [-0.15, -0.1) is 0 Å². The molecule has 0 radical (unpaired) electrons. The molecule has 0 spiro atoms. The number of pyridine rings is 1. The molecule has 0 unspecified atom stereocenters. The van der Waals surface area contributed by atoms with Gasteiger partial charge in [-0.3, -0.25) is 9.88 Å². The predicted molar refractivity (Wildman–Crippen MR) is 110 cm³/mol. The monoisotopic (exact) mass is 391 g/mol. The number of aromatic nitrogens is 3. The summed E-state index contributed by atoms with van der Waals surface area (Å²) >= 11 is 0. The molecule has 3 N–H and O–H groups in total. The molecule has 2 aliphatic rings. The molecule has 9 heteroatoms. The van der Waals surface area contributed by atoms with Gasteiger partial charge in [-0.05, 0) is 31.9 Å². The zero-order valence-corrected chi connectivity index (χ0v) is 16.5. The van der Waals surface area contributed by atoms with E-state index in [1.54, 1.807) is 24.7 Å². The van der Waals surface area contributed by atoms with E-state index in [0.29, 0.717) is 23.3 Å². The summed E-state index contributed by atoms with van der Waals surface area (Å²) in [6, 6.07) is 6.30. The maximum atomic E-state index is 9.15. The van der Waals surface area contributed by atoms with Crippen molar-refractivity contribution < 1.29 is 0 Å². The van der Waals surface area contributed by atoms with E-state index >= 15 is 0 Å². The number of hydrogen-bond acceptors (Lipinski definition) is 9. The Labute approximate surface area is 170 Å². The summed E-state index contributed by atoms with van der Waals surface area (Å²) in [4.78, 5) is 16.9. The second-order valence-corrected chi connectivity index (χ2v) is 7.10. The van der Waals surface area contributed by atoms with Crippen LogP contribution in [0.2, 0.25) is 0 Å². The molecule has 0 aliphatic carbocycles. The minimum absolute atomic E-state index is 0.187. The van der Waals surface area contributed by atoms with Gasteiger partial charge in [0.05, 0.1) is 11.7 Å². The molecule has 9 nitrogen and oxygen atoms in total. The fourth-order valence-electron chi connectivity index (χ4n) is 3.89. The highest BCUT2D eigenvalue weighted by atomic mass is 15.3. The van der Waals surface area contributed by atoms with E-state index in [-0.39, 0.29) is 6.04 Å². The summed E-state index contributed by atoms with van der Waals surface area (Å²) in [5.74, 6) is 0.673. The van der Waals surface area contributed by atoms with Gasteiger partial charge in [0.25, 0.3) is 0 Å². The van der Waals surface area contributed by atoms with E-state index in [9.17, 15) is 0 Å². The summed E-state index contributed by atoms with van der Waals surface area (Å²) in [7, 11) is 0. The van der Waals surface area contributed by atoms with Gasteiger partial charge in [-0.25, -0.2) is 15.5 Å². The Morgan fingerprint density at radius 3 is 2.72 bits per heavy atom. The molecule has 2 atom stereocenters. The van der Waals surface area contributed by atoms with Crippen LogP contribution in [-0.2, 0) is 0 Å². The third-order valence-corrected chi connectivity index (χ3v) is 5.24. The second-order valence-electron chi connectivity index (χ2n) is 7.10. The van der Waals surface area contributed by atoms with Crippen LogP contribution in [0.3, 0.4) is 0 Å². The molecule has 4 heterocycles. The molecule has 0 bridgehead atoms. The number of hydrogen-bond donors (Lipinski definition) is 2. The number of piperazine rings is 1. The van der Waals surface area contributed by atoms with Gasteiger partial charge in [0.2, 0.25) is 0 Å². The molecule has 0 saturated carbocycles. The average molecular weight is 391 g/mol. The maximum absolute atomic E-state index is 9.15. The van der Waals surface area contributed by atoms with Crippen molar-refractivity contribution in [1.29, 1.82) is 10.8 Å². The predicted octanol–water partition coefficient (Wildman–Crippen LogP) is 2.52. The first-order valence-electron chi connectivity index (χ1n) is 9.49. The number of nitrogens with two attached hydrogens (primary N) is 1. The average Bonchev–Trinajstić information content (AvgIpc) is 3.16. The molecule has 0 aromatic carbocycles. The van der Waals surface area contributed by atoms with Gasteiger partial charge < -0.3 is 10.6 Å². The molecule has 150 valence electrons. The quantitative estimate of drug-likeness (QED) is 0.768. The third kappa shape index (κ3) is 4.73. The van der Waals surface area contributed by atoms with Crippen LogP contribution in [0.4, 0.5) is 11.5 Å². The van der Waals surface area contributed by atoms with E-state index < -0.39 is 0 Å². The van der Waals surface area contributed by atoms with Crippen molar-refractivity contribution >= 4 is 11.5 Å². The van der Waals surface area contributed by atoms with Crippen molar-refractivity contribution in [2.75, 3.05) is 30.3 Å². The number of nitrogen functional groups attached to an aromatic ring is 1.